The molecule has 0 radical (unpaired) electrons. The zero-order valence-electron chi connectivity index (χ0n) is 9.37. The van der Waals surface area contributed by atoms with E-state index in [2.05, 4.69) is 0 Å². The molecule has 2 heterocycles. The molecule has 0 N–H and O–H groups in total. The van der Waals surface area contributed by atoms with Crippen molar-refractivity contribution in [2.45, 2.75) is 31.3 Å². The van der Waals surface area contributed by atoms with Crippen molar-refractivity contribution >= 4 is 5.97 Å². The monoisotopic (exact) mass is 234 g/mol. The first-order valence-electron chi connectivity index (χ1n) is 5.79. The molecule has 1 aromatic carbocycles. The lowest BCUT2D eigenvalue weighted by molar-refractivity contribution is -0.166. The summed E-state index contributed by atoms with van der Waals surface area (Å²) in [5.41, 5.74) is 1.11. The number of benzene rings is 1. The second-order valence-corrected chi connectivity index (χ2v) is 4.37. The first-order valence-corrected chi connectivity index (χ1v) is 5.79. The van der Waals surface area contributed by atoms with Crippen LogP contribution in [0.15, 0.2) is 30.3 Å². The van der Waals surface area contributed by atoms with Gasteiger partial charge >= 0.3 is 5.97 Å². The number of hydrogen-bond donors (Lipinski definition) is 0. The van der Waals surface area contributed by atoms with Gasteiger partial charge in [0, 0.05) is 0 Å². The van der Waals surface area contributed by atoms with Gasteiger partial charge in [0.25, 0.3) is 0 Å². The normalized spacial score (nSPS) is 31.3. The second kappa shape index (κ2) is 4.47. The van der Waals surface area contributed by atoms with Crippen molar-refractivity contribution in [1.82, 2.24) is 0 Å². The Morgan fingerprint density at radius 1 is 1.24 bits per heavy atom. The molecular formula is C13H14O4. The molecule has 2 fully saturated rings. The van der Waals surface area contributed by atoms with Crippen LogP contribution in [0.1, 0.15) is 12.0 Å². The van der Waals surface area contributed by atoms with Gasteiger partial charge in [-0.1, -0.05) is 30.3 Å². The van der Waals surface area contributed by atoms with Gasteiger partial charge in [-0.15, -0.1) is 0 Å². The van der Waals surface area contributed by atoms with E-state index in [9.17, 15) is 4.79 Å². The summed E-state index contributed by atoms with van der Waals surface area (Å²) in [6, 6.07) is 9.95. The van der Waals surface area contributed by atoms with Gasteiger partial charge in [-0.2, -0.15) is 0 Å². The Labute approximate surface area is 99.5 Å². The minimum absolute atomic E-state index is 0.118. The van der Waals surface area contributed by atoms with E-state index in [4.69, 9.17) is 14.2 Å². The van der Waals surface area contributed by atoms with Crippen LogP contribution >= 0.6 is 0 Å². The molecular weight excluding hydrogens is 220 g/mol. The van der Waals surface area contributed by atoms with Crippen LogP contribution in [0.2, 0.25) is 0 Å². The van der Waals surface area contributed by atoms with Crippen molar-refractivity contribution in [1.29, 1.82) is 0 Å². The van der Waals surface area contributed by atoms with Gasteiger partial charge in [-0.05, 0) is 5.56 Å². The van der Waals surface area contributed by atoms with E-state index in [0.29, 0.717) is 19.6 Å². The Morgan fingerprint density at radius 3 is 2.82 bits per heavy atom. The Morgan fingerprint density at radius 2 is 2.06 bits per heavy atom. The summed E-state index contributed by atoms with van der Waals surface area (Å²) in [6.07, 6.45) is -0.182. The van der Waals surface area contributed by atoms with Crippen LogP contribution in [-0.2, 0) is 25.6 Å². The number of carbonyl (C=O) groups excluding carboxylic acids is 1. The van der Waals surface area contributed by atoms with Crippen molar-refractivity contribution in [3.63, 3.8) is 0 Å². The molecule has 4 heteroatoms. The highest BCUT2D eigenvalue weighted by atomic mass is 16.6. The maximum Gasteiger partial charge on any atom is 0.308 e. The second-order valence-electron chi connectivity index (χ2n) is 4.37. The highest BCUT2D eigenvalue weighted by Crippen LogP contribution is 2.29. The van der Waals surface area contributed by atoms with Crippen LogP contribution in [0, 0.1) is 0 Å². The number of carbonyl (C=O) groups is 1. The zero-order valence-corrected chi connectivity index (χ0v) is 9.37. The first kappa shape index (κ1) is 10.7. The summed E-state index contributed by atoms with van der Waals surface area (Å²) in [4.78, 5) is 11.2. The Kier molecular flexibility index (Phi) is 2.82. The maximum absolute atomic E-state index is 11.2. The van der Waals surface area contributed by atoms with Crippen molar-refractivity contribution in [2.75, 3.05) is 6.61 Å². The number of hydrogen-bond acceptors (Lipinski definition) is 4. The van der Waals surface area contributed by atoms with Gasteiger partial charge in [-0.25, -0.2) is 0 Å². The highest BCUT2D eigenvalue weighted by Gasteiger charge is 2.46. The minimum Gasteiger partial charge on any atom is -0.457 e. The van der Waals surface area contributed by atoms with Crippen molar-refractivity contribution in [3.8, 4) is 0 Å². The van der Waals surface area contributed by atoms with E-state index >= 15 is 0 Å². The number of fused-ring (bicyclic) bond motifs is 2. The molecule has 3 rings (SSSR count). The molecule has 0 unspecified atom stereocenters. The molecule has 2 aliphatic rings. The summed E-state index contributed by atoms with van der Waals surface area (Å²) < 4.78 is 16.5. The van der Waals surface area contributed by atoms with Gasteiger partial charge in [0.1, 0.15) is 6.10 Å². The van der Waals surface area contributed by atoms with Gasteiger partial charge in [0.15, 0.2) is 6.10 Å². The Hall–Kier alpha value is -1.39. The van der Waals surface area contributed by atoms with Crippen LogP contribution in [0.3, 0.4) is 0 Å². The van der Waals surface area contributed by atoms with E-state index in [1.54, 1.807) is 0 Å². The third-order valence-electron chi connectivity index (χ3n) is 3.14. The van der Waals surface area contributed by atoms with Crippen LogP contribution in [0.25, 0.3) is 0 Å². The molecule has 3 atom stereocenters. The molecule has 0 amide bonds. The molecule has 90 valence electrons. The number of ether oxygens (including phenoxy) is 3. The lowest BCUT2D eigenvalue weighted by atomic mass is 10.1. The van der Waals surface area contributed by atoms with Crippen molar-refractivity contribution in [3.05, 3.63) is 35.9 Å². The predicted molar refractivity (Wildman–Crippen MR) is 59.3 cm³/mol. The van der Waals surface area contributed by atoms with Gasteiger partial charge in [-0.3, -0.25) is 4.79 Å². The SMILES string of the molecule is O=C1C[C@H]2OC[C@@H](O1)[C@H]2OCc1ccccc1. The van der Waals surface area contributed by atoms with Crippen LogP contribution < -0.4 is 0 Å². The third-order valence-corrected chi connectivity index (χ3v) is 3.14. The largest absolute Gasteiger partial charge is 0.457 e. The summed E-state index contributed by atoms with van der Waals surface area (Å²) in [7, 11) is 0. The standard InChI is InChI=1S/C13H14O4/c14-12-6-10-13(11(17-12)8-15-10)16-7-9-4-2-1-3-5-9/h1-5,10-11,13H,6-8H2/t10-,11-,13+/m1/s1. The first-order chi connectivity index (χ1) is 8.33. The number of esters is 1. The van der Waals surface area contributed by atoms with E-state index in [0.717, 1.165) is 5.56 Å². The topological polar surface area (TPSA) is 44.8 Å². The van der Waals surface area contributed by atoms with Crippen molar-refractivity contribution < 1.29 is 19.0 Å². The zero-order chi connectivity index (χ0) is 11.7. The lowest BCUT2D eigenvalue weighted by Gasteiger charge is -2.27. The summed E-state index contributed by atoms with van der Waals surface area (Å²) in [5.74, 6) is -0.183. The molecule has 1 aromatic rings. The number of rotatable bonds is 3. The van der Waals surface area contributed by atoms with Crippen LogP contribution in [0.4, 0.5) is 0 Å². The quantitative estimate of drug-likeness (QED) is 0.739. The average molecular weight is 234 g/mol. The van der Waals surface area contributed by atoms with E-state index < -0.39 is 0 Å². The fourth-order valence-electron chi connectivity index (χ4n) is 2.29. The third kappa shape index (κ3) is 2.18. The summed E-state index contributed by atoms with van der Waals surface area (Å²) in [5, 5.41) is 0. The Balaban J connectivity index is 1.61. The fourth-order valence-corrected chi connectivity index (χ4v) is 2.29. The smallest absolute Gasteiger partial charge is 0.308 e. The average Bonchev–Trinajstić information content (AvgIpc) is 2.59. The highest BCUT2D eigenvalue weighted by molar-refractivity contribution is 5.71. The summed E-state index contributed by atoms with van der Waals surface area (Å²) in [6.45, 7) is 0.981. The fraction of sp³-hybridized carbons (Fsp3) is 0.462. The molecule has 4 nitrogen and oxygen atoms in total. The Bertz CT molecular complexity index is 387. The molecule has 0 aromatic heterocycles. The van der Waals surface area contributed by atoms with Crippen LogP contribution in [0.5, 0.6) is 0 Å². The molecule has 0 saturated carbocycles. The van der Waals surface area contributed by atoms with E-state index in [1.165, 1.54) is 0 Å². The minimum atomic E-state index is -0.232. The van der Waals surface area contributed by atoms with Crippen LogP contribution in [-0.4, -0.2) is 30.9 Å². The molecule has 2 saturated heterocycles. The molecule has 2 aliphatic heterocycles. The van der Waals surface area contributed by atoms with Crippen molar-refractivity contribution in [2.24, 2.45) is 0 Å². The summed E-state index contributed by atoms with van der Waals surface area (Å²) >= 11 is 0. The molecule has 17 heavy (non-hydrogen) atoms. The van der Waals surface area contributed by atoms with Gasteiger partial charge in [0.2, 0.25) is 0 Å². The van der Waals surface area contributed by atoms with E-state index in [1.807, 2.05) is 30.3 Å². The predicted octanol–water partition coefficient (Wildman–Crippen LogP) is 1.29. The lowest BCUT2D eigenvalue weighted by Crippen LogP contribution is -2.42. The van der Waals surface area contributed by atoms with Gasteiger partial charge < -0.3 is 14.2 Å². The van der Waals surface area contributed by atoms with E-state index in [-0.39, 0.29) is 24.3 Å². The molecule has 0 aliphatic carbocycles. The molecule has 0 spiro atoms. The molecule has 2 bridgehead atoms. The maximum atomic E-state index is 11.2. The van der Waals surface area contributed by atoms with Gasteiger partial charge in [0.05, 0.1) is 25.7 Å².